The van der Waals surface area contributed by atoms with E-state index in [1.807, 2.05) is 57.3 Å². The van der Waals surface area contributed by atoms with Gasteiger partial charge < -0.3 is 0 Å². The number of aliphatic carboxylic acids is 1. The summed E-state index contributed by atoms with van der Waals surface area (Å²) in [4.78, 5) is 14.2. The zero-order chi connectivity index (χ0) is 21.6. The first-order valence-electron chi connectivity index (χ1n) is 9.43. The molecule has 156 valence electrons. The number of hydrogen-bond acceptors (Lipinski definition) is 4. The molecule has 29 heavy (non-hydrogen) atoms. The summed E-state index contributed by atoms with van der Waals surface area (Å²) in [5.74, 6) is 0.628. The average Bonchev–Trinajstić information content (AvgIpc) is 3.11. The predicted molar refractivity (Wildman–Crippen MR) is 111 cm³/mol. The first-order chi connectivity index (χ1) is 13.9. The minimum atomic E-state index is -0.998. The average molecular weight is 593 g/mol. The van der Waals surface area contributed by atoms with Gasteiger partial charge in [-0.3, -0.25) is 0 Å². The van der Waals surface area contributed by atoms with Gasteiger partial charge in [0.25, 0.3) is 0 Å². The number of methoxy groups -OCH3 is 1. The minimum absolute atomic E-state index is 0.288. The van der Waals surface area contributed by atoms with Gasteiger partial charge >= 0.3 is 173 Å². The summed E-state index contributed by atoms with van der Waals surface area (Å²) in [5.41, 5.74) is 9.64. The molecule has 3 rings (SSSR count). The molecule has 0 fully saturated rings. The van der Waals surface area contributed by atoms with Crippen LogP contribution in [0.2, 0.25) is 0 Å². The Hall–Kier alpha value is -2.11. The van der Waals surface area contributed by atoms with Crippen molar-refractivity contribution in [1.29, 1.82) is 0 Å². The van der Waals surface area contributed by atoms with Crippen LogP contribution < -0.4 is 18.5 Å². The number of fused-ring (bicyclic) bond motifs is 1. The topological polar surface area (TPSA) is 97.6 Å². The number of benzene rings is 2. The summed E-state index contributed by atoms with van der Waals surface area (Å²) >= 11 is 1.52. The van der Waals surface area contributed by atoms with E-state index >= 15 is 0 Å². The molecule has 1 heterocycles. The Morgan fingerprint density at radius 3 is 2.62 bits per heavy atom. The molecule has 4 N–H and O–H groups in total. The Kier molecular flexibility index (Phi) is 8.48. The number of ether oxygens (including phenoxy) is 2. The van der Waals surface area contributed by atoms with Crippen molar-refractivity contribution in [3.05, 3.63) is 53.2 Å². The molecule has 0 bridgehead atoms. The van der Waals surface area contributed by atoms with Crippen LogP contribution in [0.5, 0.6) is 11.5 Å². The van der Waals surface area contributed by atoms with Crippen LogP contribution >= 0.6 is 0 Å². The van der Waals surface area contributed by atoms with E-state index in [1.54, 1.807) is 7.11 Å². The van der Waals surface area contributed by atoms with Crippen molar-refractivity contribution < 1.29 is 44.1 Å². The molecule has 0 saturated heterocycles. The van der Waals surface area contributed by atoms with E-state index in [-0.39, 0.29) is 6.42 Å². The fourth-order valence-electron chi connectivity index (χ4n) is 3.02. The molecule has 1 atom stereocenters. The molecule has 7 heteroatoms. The Balaban J connectivity index is 0.00000145. The van der Waals surface area contributed by atoms with Crippen molar-refractivity contribution in [2.45, 2.75) is 39.8 Å². The number of aromatic nitrogens is 1. The maximum atomic E-state index is 11.0. The van der Waals surface area contributed by atoms with Crippen LogP contribution in [0, 0.1) is 31.6 Å². The third-order valence-electron chi connectivity index (χ3n) is 4.41. The van der Waals surface area contributed by atoms with Crippen molar-refractivity contribution in [1.82, 2.24) is 4.98 Å². The van der Waals surface area contributed by atoms with Crippen LogP contribution in [0.4, 0.5) is 0 Å². The standard InChI is InChI=1S/C20H21AtN2O4.C2H6/c1-11-5-12(3-4-18(11)26-2)10-27-14-7-15(21)19-13(6-16(22)20(24)25)9-23-17(19)8-14;1-2/h3-5,7-9,16,23H,6,10,22H2,1-2H3,(H,24,25);1-2H3/t16-;/m0./s1. The van der Waals surface area contributed by atoms with Gasteiger partial charge in [0.2, 0.25) is 0 Å². The maximum absolute atomic E-state index is 11.0. The summed E-state index contributed by atoms with van der Waals surface area (Å²) < 4.78 is 12.3. The quantitative estimate of drug-likeness (QED) is 0.391. The van der Waals surface area contributed by atoms with Crippen molar-refractivity contribution >= 4 is 20.1 Å². The van der Waals surface area contributed by atoms with Crippen molar-refractivity contribution in [2.24, 2.45) is 5.73 Å². The summed E-state index contributed by atoms with van der Waals surface area (Å²) in [6, 6.07) is 8.98. The predicted octanol–water partition coefficient (Wildman–Crippen LogP) is 3.22. The Morgan fingerprint density at radius 1 is 1.28 bits per heavy atom. The second-order valence-corrected chi connectivity index (χ2v) is 7.97. The second kappa shape index (κ2) is 10.6. The van der Waals surface area contributed by atoms with Crippen LogP contribution in [0.15, 0.2) is 36.5 Å². The van der Waals surface area contributed by atoms with E-state index in [0.717, 1.165) is 42.4 Å². The number of H-pyrrole nitrogens is 1. The number of aryl methyl sites for hydroxylation is 1. The summed E-state index contributed by atoms with van der Waals surface area (Å²) in [7, 11) is 1.66. The molecule has 0 aliphatic heterocycles. The van der Waals surface area contributed by atoms with Gasteiger partial charge in [-0.2, -0.15) is 0 Å². The molecule has 2 aromatic carbocycles. The van der Waals surface area contributed by atoms with Gasteiger partial charge in [-0.15, -0.1) is 0 Å². The fraction of sp³-hybridized carbons (Fsp3) is 0.318. The molecular formula is C22H27AtN2O4. The Labute approximate surface area is 186 Å². The monoisotopic (exact) mass is 593 g/mol. The van der Waals surface area contributed by atoms with E-state index in [9.17, 15) is 4.79 Å². The normalized spacial score (nSPS) is 11.5. The number of aromatic amines is 1. The van der Waals surface area contributed by atoms with Gasteiger partial charge in [-0.25, -0.2) is 0 Å². The number of carbonyl (C=O) groups is 1. The van der Waals surface area contributed by atoms with Gasteiger partial charge in [0.1, 0.15) is 0 Å². The Bertz CT molecular complexity index is 984. The van der Waals surface area contributed by atoms with Gasteiger partial charge in [0.15, 0.2) is 0 Å². The number of rotatable bonds is 7. The molecule has 0 aliphatic carbocycles. The van der Waals surface area contributed by atoms with E-state index in [0.29, 0.717) is 6.61 Å². The fourth-order valence-corrected chi connectivity index (χ4v) is 4.31. The molecule has 0 unspecified atom stereocenters. The molecule has 3 aromatic rings. The molecule has 1 aromatic heterocycles. The van der Waals surface area contributed by atoms with Gasteiger partial charge in [-0.1, -0.05) is 13.8 Å². The molecule has 6 nitrogen and oxygen atoms in total. The number of carboxylic acid groups (broad SMARTS) is 1. The van der Waals surface area contributed by atoms with Crippen molar-refractivity contribution in [3.63, 3.8) is 0 Å². The Morgan fingerprint density at radius 2 is 2.00 bits per heavy atom. The third kappa shape index (κ3) is 5.71. The van der Waals surface area contributed by atoms with Crippen LogP contribution in [0.25, 0.3) is 10.9 Å². The molecular weight excluding hydrogens is 566 g/mol. The van der Waals surface area contributed by atoms with Crippen molar-refractivity contribution in [2.75, 3.05) is 7.11 Å². The summed E-state index contributed by atoms with van der Waals surface area (Å²) in [5, 5.41) is 10.1. The SMILES string of the molecule is CC.COc1ccc(COc2cc([At])c3c(C[C@H](N)C(=O)O)c[nH]c3c2)cc1C. The molecule has 0 amide bonds. The van der Waals surface area contributed by atoms with Gasteiger partial charge in [-0.05, 0) is 0 Å². The summed E-state index contributed by atoms with van der Waals surface area (Å²) in [6.45, 7) is 6.46. The number of nitrogens with one attached hydrogen (secondary N) is 1. The van der Waals surface area contributed by atoms with Gasteiger partial charge in [0.05, 0.1) is 0 Å². The number of nitrogens with two attached hydrogens (primary N) is 1. The molecule has 0 spiro atoms. The van der Waals surface area contributed by atoms with E-state index < -0.39 is 12.0 Å². The first-order valence-corrected chi connectivity index (χ1v) is 10.9. The zero-order valence-electron chi connectivity index (χ0n) is 17.1. The van der Waals surface area contributed by atoms with Gasteiger partial charge in [0, 0.05) is 0 Å². The summed E-state index contributed by atoms with van der Waals surface area (Å²) in [6.07, 6.45) is 2.11. The first kappa shape index (κ1) is 23.2. The second-order valence-electron chi connectivity index (χ2n) is 6.38. The molecule has 0 saturated carbocycles. The number of hydrogen-bond donors (Lipinski definition) is 3. The zero-order valence-corrected chi connectivity index (χ0v) is 20.0. The molecule has 0 radical (unpaired) electrons. The number of carboxylic acids is 1. The van der Waals surface area contributed by atoms with E-state index in [4.69, 9.17) is 20.3 Å². The third-order valence-corrected chi connectivity index (χ3v) is 5.57. The van der Waals surface area contributed by atoms with Crippen LogP contribution in [0.3, 0.4) is 0 Å². The molecule has 0 aliphatic rings. The van der Waals surface area contributed by atoms with Crippen molar-refractivity contribution in [3.8, 4) is 11.5 Å². The van der Waals surface area contributed by atoms with E-state index in [1.165, 1.54) is 24.7 Å². The van der Waals surface area contributed by atoms with E-state index in [2.05, 4.69) is 4.98 Å². The van der Waals surface area contributed by atoms with Crippen LogP contribution in [0.1, 0.15) is 30.5 Å². The van der Waals surface area contributed by atoms with Crippen LogP contribution in [-0.4, -0.2) is 29.2 Å². The van der Waals surface area contributed by atoms with Crippen LogP contribution in [-0.2, 0) is 17.8 Å².